The van der Waals surface area contributed by atoms with E-state index < -0.39 is 11.8 Å². The zero-order valence-electron chi connectivity index (χ0n) is 8.74. The zero-order valence-corrected chi connectivity index (χ0v) is 8.74. The van der Waals surface area contributed by atoms with Crippen molar-refractivity contribution in [2.75, 3.05) is 0 Å². The predicted octanol–water partition coefficient (Wildman–Crippen LogP) is 2.43. The lowest BCUT2D eigenvalue weighted by Gasteiger charge is -2.04. The molecule has 1 aromatic rings. The van der Waals surface area contributed by atoms with Crippen molar-refractivity contribution in [3.05, 3.63) is 40.7 Å². The quantitative estimate of drug-likeness (QED) is 0.796. The highest BCUT2D eigenvalue weighted by Gasteiger charge is 2.07. The monoisotopic (exact) mass is 222 g/mol. The first-order valence-corrected chi connectivity index (χ1v) is 4.69. The second-order valence-electron chi connectivity index (χ2n) is 3.31. The number of carbonyl (C=O) groups is 2. The first-order chi connectivity index (χ1) is 7.56. The van der Waals surface area contributed by atoms with Crippen molar-refractivity contribution in [3.8, 4) is 0 Å². The predicted molar refractivity (Wildman–Crippen MR) is 57.8 cm³/mol. The van der Waals surface area contributed by atoms with Gasteiger partial charge in [0.2, 0.25) is 0 Å². The molecule has 0 heterocycles. The van der Waals surface area contributed by atoms with E-state index in [1.807, 2.05) is 0 Å². The topological polar surface area (TPSA) is 54.4 Å². The molecule has 0 saturated carbocycles. The summed E-state index contributed by atoms with van der Waals surface area (Å²) in [6, 6.07) is 2.76. The fraction of sp³-hybridized carbons (Fsp3) is 0.167. The molecule has 0 fully saturated rings. The van der Waals surface area contributed by atoms with Gasteiger partial charge in [-0.2, -0.15) is 0 Å². The van der Waals surface area contributed by atoms with E-state index in [-0.39, 0.29) is 12.0 Å². The number of aldehydes is 1. The molecule has 84 valence electrons. The minimum atomic E-state index is -0.974. The fourth-order valence-electron chi connectivity index (χ4n) is 1.34. The van der Waals surface area contributed by atoms with Crippen molar-refractivity contribution in [2.45, 2.75) is 13.3 Å². The van der Waals surface area contributed by atoms with Gasteiger partial charge in [0, 0.05) is 0 Å². The molecule has 0 amide bonds. The maximum absolute atomic E-state index is 13.2. The number of aliphatic carboxylic acids is 1. The van der Waals surface area contributed by atoms with Gasteiger partial charge >= 0.3 is 5.97 Å². The van der Waals surface area contributed by atoms with Gasteiger partial charge in [-0.05, 0) is 24.1 Å². The Bertz CT molecular complexity index is 450. The molecule has 0 unspecified atom stereocenters. The number of carbonyl (C=O) groups excluding carboxylic acids is 1. The lowest BCUT2D eigenvalue weighted by atomic mass is 10.0. The van der Waals surface area contributed by atoms with Crippen LogP contribution in [0.25, 0.3) is 6.08 Å². The van der Waals surface area contributed by atoms with Crippen LogP contribution in [0.1, 0.15) is 27.9 Å². The SMILES string of the molecule is Cc1ccc(F)c(C=O)c1C=CCC(=O)O. The molecule has 1 aromatic carbocycles. The Labute approximate surface area is 92.2 Å². The van der Waals surface area contributed by atoms with Gasteiger partial charge in [0.25, 0.3) is 0 Å². The second kappa shape index (κ2) is 5.21. The summed E-state index contributed by atoms with van der Waals surface area (Å²) in [6.45, 7) is 1.73. The van der Waals surface area contributed by atoms with Crippen LogP contribution in [0, 0.1) is 12.7 Å². The van der Waals surface area contributed by atoms with Crippen LogP contribution in [0.2, 0.25) is 0 Å². The third kappa shape index (κ3) is 2.76. The third-order valence-corrected chi connectivity index (χ3v) is 2.15. The molecule has 16 heavy (non-hydrogen) atoms. The minimum absolute atomic E-state index is 0.0401. The lowest BCUT2D eigenvalue weighted by Crippen LogP contribution is -1.96. The normalized spacial score (nSPS) is 10.6. The van der Waals surface area contributed by atoms with Crippen LogP contribution >= 0.6 is 0 Å². The Hall–Kier alpha value is -1.97. The number of halogens is 1. The number of hydrogen-bond acceptors (Lipinski definition) is 2. The standard InChI is InChI=1S/C12H11FO3/c1-8-5-6-11(13)10(7-14)9(8)3-2-4-12(15)16/h2-3,5-7H,4H2,1H3,(H,15,16). The Morgan fingerprint density at radius 3 is 2.69 bits per heavy atom. The summed E-state index contributed by atoms with van der Waals surface area (Å²) in [4.78, 5) is 21.0. The van der Waals surface area contributed by atoms with Gasteiger partial charge in [0.15, 0.2) is 6.29 Å². The van der Waals surface area contributed by atoms with E-state index in [9.17, 15) is 14.0 Å². The Kier molecular flexibility index (Phi) is 3.94. The molecule has 0 spiro atoms. The Morgan fingerprint density at radius 1 is 1.44 bits per heavy atom. The summed E-state index contributed by atoms with van der Waals surface area (Å²) >= 11 is 0. The lowest BCUT2D eigenvalue weighted by molar-refractivity contribution is -0.135. The molecular weight excluding hydrogens is 211 g/mol. The smallest absolute Gasteiger partial charge is 0.307 e. The van der Waals surface area contributed by atoms with E-state index in [2.05, 4.69) is 0 Å². The molecule has 3 nitrogen and oxygen atoms in total. The van der Waals surface area contributed by atoms with E-state index in [1.54, 1.807) is 13.0 Å². The number of carboxylic acids is 1. The van der Waals surface area contributed by atoms with Crippen molar-refractivity contribution in [3.63, 3.8) is 0 Å². The molecule has 4 heteroatoms. The molecule has 0 radical (unpaired) electrons. The highest BCUT2D eigenvalue weighted by atomic mass is 19.1. The number of hydrogen-bond donors (Lipinski definition) is 1. The van der Waals surface area contributed by atoms with Crippen LogP contribution in [0.4, 0.5) is 4.39 Å². The average Bonchev–Trinajstić information content (AvgIpc) is 2.23. The largest absolute Gasteiger partial charge is 0.481 e. The molecule has 1 rings (SSSR count). The summed E-state index contributed by atoms with van der Waals surface area (Å²) in [7, 11) is 0. The number of benzene rings is 1. The molecular formula is C12H11FO3. The molecule has 0 aliphatic heterocycles. The maximum Gasteiger partial charge on any atom is 0.307 e. The van der Waals surface area contributed by atoms with Gasteiger partial charge in [-0.3, -0.25) is 9.59 Å². The van der Waals surface area contributed by atoms with Crippen LogP contribution in [0.3, 0.4) is 0 Å². The van der Waals surface area contributed by atoms with Crippen molar-refractivity contribution >= 4 is 18.3 Å². The van der Waals surface area contributed by atoms with Crippen molar-refractivity contribution < 1.29 is 19.1 Å². The van der Waals surface area contributed by atoms with Gasteiger partial charge < -0.3 is 5.11 Å². The average molecular weight is 222 g/mol. The van der Waals surface area contributed by atoms with E-state index >= 15 is 0 Å². The summed E-state index contributed by atoms with van der Waals surface area (Å²) in [5, 5.41) is 8.45. The fourth-order valence-corrected chi connectivity index (χ4v) is 1.34. The van der Waals surface area contributed by atoms with Crippen molar-refractivity contribution in [1.82, 2.24) is 0 Å². The first kappa shape index (κ1) is 12.1. The summed E-state index contributed by atoms with van der Waals surface area (Å²) in [6.07, 6.45) is 3.12. The molecule has 1 N–H and O–H groups in total. The summed E-state index contributed by atoms with van der Waals surface area (Å²) < 4.78 is 13.2. The van der Waals surface area contributed by atoms with Gasteiger partial charge in [0.1, 0.15) is 5.82 Å². The van der Waals surface area contributed by atoms with Crippen LogP contribution in [0.15, 0.2) is 18.2 Å². The first-order valence-electron chi connectivity index (χ1n) is 4.69. The van der Waals surface area contributed by atoms with Gasteiger partial charge in [-0.25, -0.2) is 4.39 Å². The zero-order chi connectivity index (χ0) is 12.1. The molecule has 0 aromatic heterocycles. The number of aryl methyl sites for hydroxylation is 1. The van der Waals surface area contributed by atoms with E-state index in [4.69, 9.17) is 5.11 Å². The van der Waals surface area contributed by atoms with Gasteiger partial charge in [-0.15, -0.1) is 0 Å². The van der Waals surface area contributed by atoms with Crippen LogP contribution in [-0.2, 0) is 4.79 Å². The molecule has 0 atom stereocenters. The van der Waals surface area contributed by atoms with Gasteiger partial charge in [-0.1, -0.05) is 18.2 Å². The van der Waals surface area contributed by atoms with Crippen molar-refractivity contribution in [2.24, 2.45) is 0 Å². The van der Waals surface area contributed by atoms with E-state index in [0.717, 1.165) is 5.56 Å². The van der Waals surface area contributed by atoms with E-state index in [1.165, 1.54) is 18.2 Å². The van der Waals surface area contributed by atoms with Gasteiger partial charge in [0.05, 0.1) is 12.0 Å². The van der Waals surface area contributed by atoms with E-state index in [0.29, 0.717) is 11.8 Å². The highest BCUT2D eigenvalue weighted by molar-refractivity contribution is 5.83. The molecule has 0 bridgehead atoms. The second-order valence-corrected chi connectivity index (χ2v) is 3.31. The number of rotatable bonds is 4. The summed E-state index contributed by atoms with van der Waals surface area (Å²) in [5.74, 6) is -1.58. The van der Waals surface area contributed by atoms with Crippen LogP contribution in [0.5, 0.6) is 0 Å². The van der Waals surface area contributed by atoms with Crippen LogP contribution < -0.4 is 0 Å². The third-order valence-electron chi connectivity index (χ3n) is 2.15. The Morgan fingerprint density at radius 2 is 2.12 bits per heavy atom. The van der Waals surface area contributed by atoms with Crippen molar-refractivity contribution in [1.29, 1.82) is 0 Å². The maximum atomic E-state index is 13.2. The summed E-state index contributed by atoms with van der Waals surface area (Å²) in [5.41, 5.74) is 1.11. The number of carboxylic acid groups (broad SMARTS) is 1. The molecule has 0 aliphatic carbocycles. The molecule has 0 aliphatic rings. The highest BCUT2D eigenvalue weighted by Crippen LogP contribution is 2.18. The van der Waals surface area contributed by atoms with Crippen LogP contribution in [-0.4, -0.2) is 17.4 Å². The molecule has 0 saturated heterocycles. The Balaban J connectivity index is 3.11. The minimum Gasteiger partial charge on any atom is -0.481 e.